The average molecular weight is 471 g/mol. The van der Waals surface area contributed by atoms with Gasteiger partial charge in [0.25, 0.3) is 5.91 Å². The van der Waals surface area contributed by atoms with E-state index in [9.17, 15) is 18.0 Å². The summed E-state index contributed by atoms with van der Waals surface area (Å²) in [5.41, 5.74) is 1.44. The Hall–Kier alpha value is -3.08. The monoisotopic (exact) mass is 470 g/mol. The molecule has 0 fully saturated rings. The lowest BCUT2D eigenvalue weighted by Crippen LogP contribution is -2.30. The Kier molecular flexibility index (Phi) is 5.85. The van der Waals surface area contributed by atoms with Gasteiger partial charge < -0.3 is 10.3 Å². The first-order chi connectivity index (χ1) is 15.2. The molecule has 0 radical (unpaired) electrons. The Morgan fingerprint density at radius 3 is 2.59 bits per heavy atom. The SMILES string of the molecule is CCN(CC)S(=O)(=O)c1ccc2[nH]c(=O)cc(C(=O)Nc3ccc4nc(C)sc4c3)c2c1. The maximum Gasteiger partial charge on any atom is 0.256 e. The van der Waals surface area contributed by atoms with Crippen molar-refractivity contribution in [3.05, 3.63) is 63.4 Å². The molecule has 0 spiro atoms. The Labute approximate surface area is 189 Å². The van der Waals surface area contributed by atoms with Gasteiger partial charge in [-0.1, -0.05) is 13.8 Å². The number of pyridine rings is 1. The van der Waals surface area contributed by atoms with Gasteiger partial charge in [0.05, 0.1) is 25.7 Å². The summed E-state index contributed by atoms with van der Waals surface area (Å²) in [7, 11) is -3.72. The number of hydrogen-bond donors (Lipinski definition) is 2. The van der Waals surface area contributed by atoms with Crippen LogP contribution in [0.4, 0.5) is 5.69 Å². The number of aromatic amines is 1. The van der Waals surface area contributed by atoms with Crippen LogP contribution in [0.3, 0.4) is 0 Å². The summed E-state index contributed by atoms with van der Waals surface area (Å²) in [4.78, 5) is 32.4. The number of thiazole rings is 1. The molecule has 8 nitrogen and oxygen atoms in total. The molecule has 4 aromatic rings. The normalized spacial score (nSPS) is 12.0. The molecule has 0 aliphatic heterocycles. The lowest BCUT2D eigenvalue weighted by molar-refractivity contribution is 0.102. The highest BCUT2D eigenvalue weighted by atomic mass is 32.2. The number of amides is 1. The van der Waals surface area contributed by atoms with Gasteiger partial charge in [-0.2, -0.15) is 4.31 Å². The van der Waals surface area contributed by atoms with Crippen molar-refractivity contribution >= 4 is 54.1 Å². The van der Waals surface area contributed by atoms with E-state index in [4.69, 9.17) is 0 Å². The first-order valence-corrected chi connectivity index (χ1v) is 12.3. The number of H-pyrrole nitrogens is 1. The quantitative estimate of drug-likeness (QED) is 0.446. The predicted molar refractivity (Wildman–Crippen MR) is 127 cm³/mol. The van der Waals surface area contributed by atoms with Crippen LogP contribution in [0.15, 0.2) is 52.2 Å². The van der Waals surface area contributed by atoms with Crippen LogP contribution in [0.25, 0.3) is 21.1 Å². The van der Waals surface area contributed by atoms with E-state index in [1.54, 1.807) is 19.9 Å². The minimum absolute atomic E-state index is 0.0661. The van der Waals surface area contributed by atoms with Gasteiger partial charge in [-0.15, -0.1) is 11.3 Å². The number of aryl methyl sites for hydroxylation is 1. The van der Waals surface area contributed by atoms with E-state index in [1.807, 2.05) is 19.1 Å². The van der Waals surface area contributed by atoms with Crippen LogP contribution in [0.2, 0.25) is 0 Å². The molecule has 0 aliphatic carbocycles. The van der Waals surface area contributed by atoms with Crippen LogP contribution in [0.5, 0.6) is 0 Å². The zero-order chi connectivity index (χ0) is 23.0. The third kappa shape index (κ3) is 4.04. The molecule has 0 saturated heterocycles. The summed E-state index contributed by atoms with van der Waals surface area (Å²) in [6.07, 6.45) is 0. The number of anilines is 1. The molecule has 1 amide bonds. The topological polar surface area (TPSA) is 112 Å². The van der Waals surface area contributed by atoms with Crippen LogP contribution >= 0.6 is 11.3 Å². The van der Waals surface area contributed by atoms with Crippen molar-refractivity contribution in [2.75, 3.05) is 18.4 Å². The molecule has 0 aliphatic rings. The number of benzene rings is 2. The van der Waals surface area contributed by atoms with Gasteiger partial charge in [-0.25, -0.2) is 13.4 Å². The van der Waals surface area contributed by atoms with Gasteiger partial charge in [0.1, 0.15) is 0 Å². The van der Waals surface area contributed by atoms with Crippen LogP contribution in [0, 0.1) is 6.92 Å². The van der Waals surface area contributed by atoms with Crippen LogP contribution < -0.4 is 10.9 Å². The molecule has 2 aromatic carbocycles. The van der Waals surface area contributed by atoms with Crippen molar-refractivity contribution in [2.24, 2.45) is 0 Å². The van der Waals surface area contributed by atoms with Crippen molar-refractivity contribution < 1.29 is 13.2 Å². The molecule has 4 rings (SSSR count). The number of rotatable bonds is 6. The maximum atomic E-state index is 13.1. The number of hydrogen-bond acceptors (Lipinski definition) is 6. The third-order valence-electron chi connectivity index (χ3n) is 5.16. The lowest BCUT2D eigenvalue weighted by atomic mass is 10.1. The van der Waals surface area contributed by atoms with E-state index in [2.05, 4.69) is 15.3 Å². The molecule has 10 heteroatoms. The van der Waals surface area contributed by atoms with E-state index in [0.717, 1.165) is 15.2 Å². The molecule has 2 N–H and O–H groups in total. The highest BCUT2D eigenvalue weighted by Crippen LogP contribution is 2.26. The Balaban J connectivity index is 1.77. The molecular formula is C22H22N4O4S2. The second-order valence-electron chi connectivity index (χ2n) is 7.21. The Morgan fingerprint density at radius 1 is 1.12 bits per heavy atom. The standard InChI is InChI=1S/C22H22N4O4S2/c1-4-26(5-2)32(29,30)15-7-9-18-16(11-15)17(12-21(27)25-18)22(28)24-14-6-8-19-20(10-14)31-13(3)23-19/h6-12H,4-5H2,1-3H3,(H,24,28)(H,25,27). The van der Waals surface area contributed by atoms with E-state index in [1.165, 1.54) is 39.9 Å². The minimum atomic E-state index is -3.72. The fraction of sp³-hybridized carbons (Fsp3) is 0.227. The molecule has 166 valence electrons. The number of nitrogens with one attached hydrogen (secondary N) is 2. The van der Waals surface area contributed by atoms with E-state index in [0.29, 0.717) is 29.7 Å². The van der Waals surface area contributed by atoms with Gasteiger partial charge >= 0.3 is 0 Å². The summed E-state index contributed by atoms with van der Waals surface area (Å²) in [6.45, 7) is 6.10. The van der Waals surface area contributed by atoms with Gasteiger partial charge in [0.15, 0.2) is 0 Å². The van der Waals surface area contributed by atoms with Crippen molar-refractivity contribution in [3.8, 4) is 0 Å². The number of sulfonamides is 1. The first-order valence-electron chi connectivity index (χ1n) is 10.1. The lowest BCUT2D eigenvalue weighted by Gasteiger charge is -2.19. The fourth-order valence-electron chi connectivity index (χ4n) is 3.61. The summed E-state index contributed by atoms with van der Waals surface area (Å²) >= 11 is 1.52. The number of fused-ring (bicyclic) bond motifs is 2. The van der Waals surface area contributed by atoms with Crippen LogP contribution in [-0.2, 0) is 10.0 Å². The zero-order valence-corrected chi connectivity index (χ0v) is 19.4. The van der Waals surface area contributed by atoms with Crippen molar-refractivity contribution in [2.45, 2.75) is 25.7 Å². The van der Waals surface area contributed by atoms with E-state index < -0.39 is 21.5 Å². The highest BCUT2D eigenvalue weighted by molar-refractivity contribution is 7.89. The molecule has 0 unspecified atom stereocenters. The summed E-state index contributed by atoms with van der Waals surface area (Å²) in [5.74, 6) is -0.501. The number of carbonyl (C=O) groups excluding carboxylic acids is 1. The van der Waals surface area contributed by atoms with Crippen molar-refractivity contribution in [3.63, 3.8) is 0 Å². The first kappa shape index (κ1) is 22.1. The van der Waals surface area contributed by atoms with E-state index in [-0.39, 0.29) is 10.5 Å². The molecule has 32 heavy (non-hydrogen) atoms. The van der Waals surface area contributed by atoms with Gasteiger partial charge in [-0.05, 0) is 43.3 Å². The molecule has 0 atom stereocenters. The minimum Gasteiger partial charge on any atom is -0.322 e. The molecule has 2 heterocycles. The third-order valence-corrected chi connectivity index (χ3v) is 8.14. The maximum absolute atomic E-state index is 13.1. The van der Waals surface area contributed by atoms with E-state index >= 15 is 0 Å². The molecule has 0 saturated carbocycles. The zero-order valence-electron chi connectivity index (χ0n) is 17.8. The van der Waals surface area contributed by atoms with Crippen LogP contribution in [-0.4, -0.2) is 41.7 Å². The number of aromatic nitrogens is 2. The second-order valence-corrected chi connectivity index (χ2v) is 10.4. The van der Waals surface area contributed by atoms with Crippen LogP contribution in [0.1, 0.15) is 29.2 Å². The summed E-state index contributed by atoms with van der Waals surface area (Å²) < 4.78 is 28.2. The number of carbonyl (C=O) groups is 1. The Bertz CT molecular complexity index is 1500. The van der Waals surface area contributed by atoms with Gasteiger partial charge in [0.2, 0.25) is 15.6 Å². The Morgan fingerprint density at radius 2 is 1.88 bits per heavy atom. The van der Waals surface area contributed by atoms with Crippen molar-refractivity contribution in [1.29, 1.82) is 0 Å². The molecule has 2 aromatic heterocycles. The predicted octanol–water partition coefficient (Wildman–Crippen LogP) is 3.73. The molecular weight excluding hydrogens is 448 g/mol. The fourth-order valence-corrected chi connectivity index (χ4v) is 5.96. The second kappa shape index (κ2) is 8.45. The average Bonchev–Trinajstić information content (AvgIpc) is 3.12. The smallest absolute Gasteiger partial charge is 0.256 e. The summed E-state index contributed by atoms with van der Waals surface area (Å²) in [5, 5.41) is 4.08. The van der Waals surface area contributed by atoms with Gasteiger partial charge in [-0.3, -0.25) is 9.59 Å². The van der Waals surface area contributed by atoms with Crippen molar-refractivity contribution in [1.82, 2.24) is 14.3 Å². The highest BCUT2D eigenvalue weighted by Gasteiger charge is 2.23. The number of nitrogens with zero attached hydrogens (tertiary/aromatic N) is 2. The van der Waals surface area contributed by atoms with Gasteiger partial charge in [0, 0.05) is 35.7 Å². The largest absolute Gasteiger partial charge is 0.322 e. The summed E-state index contributed by atoms with van der Waals surface area (Å²) in [6, 6.07) is 10.9. The molecule has 0 bridgehead atoms.